The summed E-state index contributed by atoms with van der Waals surface area (Å²) in [7, 11) is 3.96. The smallest absolute Gasteiger partial charge is 0.0758 e. The van der Waals surface area contributed by atoms with Crippen LogP contribution in [0.5, 0.6) is 0 Å². The molecule has 0 bridgehead atoms. The fourth-order valence-electron chi connectivity index (χ4n) is 2.08. The topological polar surface area (TPSA) is 50.5 Å². The molecule has 4 nitrogen and oxygen atoms in total. The molecule has 13 heavy (non-hydrogen) atoms. The summed E-state index contributed by atoms with van der Waals surface area (Å²) in [5.74, 6) is 0. The number of ether oxygens (including phenoxy) is 1. The summed E-state index contributed by atoms with van der Waals surface area (Å²) < 4.78 is 5.70. The van der Waals surface area contributed by atoms with Gasteiger partial charge in [0.2, 0.25) is 0 Å². The highest BCUT2D eigenvalue weighted by Crippen LogP contribution is 2.29. The summed E-state index contributed by atoms with van der Waals surface area (Å²) >= 11 is 0. The van der Waals surface area contributed by atoms with Crippen LogP contribution in [0.1, 0.15) is 20.3 Å². The molecular weight excluding hydrogens is 166 g/mol. The molecule has 0 aromatic heterocycles. The fourth-order valence-corrected chi connectivity index (χ4v) is 2.08. The number of hydrogen-bond acceptors (Lipinski definition) is 4. The molecule has 1 saturated heterocycles. The fraction of sp³-hybridized carbons (Fsp3) is 1.00. The molecule has 0 spiro atoms. The standard InChI is InChI=1S/C9H21N3O/c1-7-5-9(6-10,8(2)13-7)11-12(3)4/h7-8,11H,5-6,10H2,1-4H3. The highest BCUT2D eigenvalue weighted by molar-refractivity contribution is 4.99. The van der Waals surface area contributed by atoms with E-state index in [1.807, 2.05) is 19.1 Å². The van der Waals surface area contributed by atoms with E-state index in [-0.39, 0.29) is 11.6 Å². The molecule has 78 valence electrons. The van der Waals surface area contributed by atoms with Gasteiger partial charge in [-0.15, -0.1) is 0 Å². The van der Waals surface area contributed by atoms with Crippen LogP contribution < -0.4 is 11.2 Å². The van der Waals surface area contributed by atoms with Crippen molar-refractivity contribution in [2.24, 2.45) is 5.73 Å². The Morgan fingerprint density at radius 1 is 1.54 bits per heavy atom. The van der Waals surface area contributed by atoms with Crippen LogP contribution in [-0.2, 0) is 4.74 Å². The highest BCUT2D eigenvalue weighted by atomic mass is 16.5. The summed E-state index contributed by atoms with van der Waals surface area (Å²) in [4.78, 5) is 0. The Morgan fingerprint density at radius 3 is 2.46 bits per heavy atom. The van der Waals surface area contributed by atoms with E-state index in [1.54, 1.807) is 0 Å². The van der Waals surface area contributed by atoms with Gasteiger partial charge in [-0.25, -0.2) is 10.4 Å². The molecule has 1 fully saturated rings. The summed E-state index contributed by atoms with van der Waals surface area (Å²) in [6, 6.07) is 0. The van der Waals surface area contributed by atoms with Gasteiger partial charge in [0.05, 0.1) is 17.7 Å². The van der Waals surface area contributed by atoms with Gasteiger partial charge in [0, 0.05) is 20.6 Å². The monoisotopic (exact) mass is 187 g/mol. The van der Waals surface area contributed by atoms with Crippen molar-refractivity contribution in [1.29, 1.82) is 0 Å². The molecule has 0 saturated carbocycles. The molecule has 1 aliphatic heterocycles. The minimum atomic E-state index is -0.0804. The van der Waals surface area contributed by atoms with Crippen LogP contribution in [0.15, 0.2) is 0 Å². The van der Waals surface area contributed by atoms with Crippen LogP contribution in [-0.4, -0.2) is 43.4 Å². The van der Waals surface area contributed by atoms with Crippen molar-refractivity contribution in [1.82, 2.24) is 10.4 Å². The number of hydrogen-bond donors (Lipinski definition) is 2. The first-order valence-electron chi connectivity index (χ1n) is 4.81. The quantitative estimate of drug-likeness (QED) is 0.608. The van der Waals surface area contributed by atoms with Crippen LogP contribution >= 0.6 is 0 Å². The van der Waals surface area contributed by atoms with E-state index in [0.717, 1.165) is 6.42 Å². The zero-order valence-corrected chi connectivity index (χ0v) is 9.00. The molecule has 4 heteroatoms. The van der Waals surface area contributed by atoms with E-state index in [4.69, 9.17) is 10.5 Å². The lowest BCUT2D eigenvalue weighted by molar-refractivity contribution is 0.0285. The predicted molar refractivity (Wildman–Crippen MR) is 53.2 cm³/mol. The molecule has 3 unspecified atom stereocenters. The lowest BCUT2D eigenvalue weighted by atomic mass is 9.91. The Hall–Kier alpha value is -0.160. The Labute approximate surface area is 80.4 Å². The Bertz CT molecular complexity index is 174. The molecule has 1 aliphatic rings. The number of hydrazine groups is 1. The molecule has 3 N–H and O–H groups in total. The summed E-state index contributed by atoms with van der Waals surface area (Å²) in [6.07, 6.45) is 1.45. The first kappa shape index (κ1) is 10.9. The minimum Gasteiger partial charge on any atom is -0.373 e. The van der Waals surface area contributed by atoms with Gasteiger partial charge in [0.15, 0.2) is 0 Å². The van der Waals surface area contributed by atoms with Crippen LogP contribution in [0.3, 0.4) is 0 Å². The number of rotatable bonds is 3. The van der Waals surface area contributed by atoms with E-state index < -0.39 is 0 Å². The van der Waals surface area contributed by atoms with Gasteiger partial charge in [-0.3, -0.25) is 0 Å². The molecule has 0 aliphatic carbocycles. The first-order valence-corrected chi connectivity index (χ1v) is 4.81. The molecule has 0 amide bonds. The van der Waals surface area contributed by atoms with E-state index in [0.29, 0.717) is 12.6 Å². The van der Waals surface area contributed by atoms with E-state index in [2.05, 4.69) is 19.3 Å². The second kappa shape index (κ2) is 3.92. The van der Waals surface area contributed by atoms with Gasteiger partial charge >= 0.3 is 0 Å². The van der Waals surface area contributed by atoms with Crippen molar-refractivity contribution in [3.63, 3.8) is 0 Å². The molecule has 1 heterocycles. The molecule has 0 aromatic carbocycles. The van der Waals surface area contributed by atoms with Gasteiger partial charge in [-0.1, -0.05) is 0 Å². The lowest BCUT2D eigenvalue weighted by Gasteiger charge is -2.34. The summed E-state index contributed by atoms with van der Waals surface area (Å²) in [6.45, 7) is 4.77. The highest BCUT2D eigenvalue weighted by Gasteiger charge is 2.44. The van der Waals surface area contributed by atoms with Crippen molar-refractivity contribution in [3.8, 4) is 0 Å². The Morgan fingerprint density at radius 2 is 2.15 bits per heavy atom. The third-order valence-corrected chi connectivity index (χ3v) is 2.68. The zero-order valence-electron chi connectivity index (χ0n) is 9.00. The average Bonchev–Trinajstić information content (AvgIpc) is 2.26. The maximum Gasteiger partial charge on any atom is 0.0758 e. The van der Waals surface area contributed by atoms with Gasteiger partial charge in [0.25, 0.3) is 0 Å². The SMILES string of the molecule is CC1CC(CN)(NN(C)C)C(C)O1. The van der Waals surface area contributed by atoms with Gasteiger partial charge in [0.1, 0.15) is 0 Å². The molecule has 3 atom stereocenters. The third-order valence-electron chi connectivity index (χ3n) is 2.68. The molecule has 0 aromatic rings. The predicted octanol–water partition coefficient (Wildman–Crippen LogP) is -0.0526. The first-order chi connectivity index (χ1) is 6.00. The Balaban J connectivity index is 2.68. The van der Waals surface area contributed by atoms with Crippen molar-refractivity contribution in [3.05, 3.63) is 0 Å². The summed E-state index contributed by atoms with van der Waals surface area (Å²) in [5, 5.41) is 1.95. The normalized spacial score (nSPS) is 40.2. The average molecular weight is 187 g/mol. The van der Waals surface area contributed by atoms with Crippen LogP contribution in [0.4, 0.5) is 0 Å². The van der Waals surface area contributed by atoms with Crippen molar-refractivity contribution < 1.29 is 4.74 Å². The largest absolute Gasteiger partial charge is 0.373 e. The number of nitrogens with zero attached hydrogens (tertiary/aromatic N) is 1. The van der Waals surface area contributed by atoms with Gasteiger partial charge in [-0.05, 0) is 20.3 Å². The van der Waals surface area contributed by atoms with Crippen LogP contribution in [0.2, 0.25) is 0 Å². The van der Waals surface area contributed by atoms with Crippen LogP contribution in [0.25, 0.3) is 0 Å². The summed E-state index contributed by atoms with van der Waals surface area (Å²) in [5.41, 5.74) is 9.09. The maximum absolute atomic E-state index is 5.80. The molecular formula is C9H21N3O. The second-order valence-electron chi connectivity index (χ2n) is 4.16. The lowest BCUT2D eigenvalue weighted by Crippen LogP contribution is -2.60. The van der Waals surface area contributed by atoms with E-state index in [9.17, 15) is 0 Å². The second-order valence-corrected chi connectivity index (χ2v) is 4.16. The van der Waals surface area contributed by atoms with E-state index in [1.165, 1.54) is 0 Å². The van der Waals surface area contributed by atoms with Crippen LogP contribution in [0, 0.1) is 0 Å². The van der Waals surface area contributed by atoms with Crippen molar-refractivity contribution >= 4 is 0 Å². The Kier molecular flexibility index (Phi) is 3.29. The van der Waals surface area contributed by atoms with Gasteiger partial charge < -0.3 is 10.5 Å². The number of nitrogens with two attached hydrogens (primary N) is 1. The minimum absolute atomic E-state index is 0.0804. The molecule has 1 rings (SSSR count). The van der Waals surface area contributed by atoms with Crippen molar-refractivity contribution in [2.75, 3.05) is 20.6 Å². The zero-order chi connectivity index (χ0) is 10.1. The van der Waals surface area contributed by atoms with Gasteiger partial charge in [-0.2, -0.15) is 0 Å². The third kappa shape index (κ3) is 2.20. The number of nitrogens with one attached hydrogen (secondary N) is 1. The molecule has 0 radical (unpaired) electrons. The van der Waals surface area contributed by atoms with Crippen molar-refractivity contribution in [2.45, 2.75) is 38.0 Å². The van der Waals surface area contributed by atoms with E-state index >= 15 is 0 Å². The maximum atomic E-state index is 5.80.